The minimum Gasteiger partial charge on any atom is -0.507 e. The number of benzene rings is 2. The van der Waals surface area contributed by atoms with E-state index in [1.54, 1.807) is 12.1 Å². The number of aliphatic hydroxyl groups is 1. The summed E-state index contributed by atoms with van der Waals surface area (Å²) in [4.78, 5) is 38.1. The molecule has 1 unspecified atom stereocenters. The lowest BCUT2D eigenvalue weighted by Crippen LogP contribution is -2.28. The van der Waals surface area contributed by atoms with Crippen LogP contribution in [-0.4, -0.2) is 46.4 Å². The highest BCUT2D eigenvalue weighted by molar-refractivity contribution is 6.31. The zero-order valence-corrected chi connectivity index (χ0v) is 19.4. The third-order valence-electron chi connectivity index (χ3n) is 5.64. The van der Waals surface area contributed by atoms with Crippen molar-refractivity contribution in [3.8, 4) is 42.9 Å². The van der Waals surface area contributed by atoms with Crippen molar-refractivity contribution in [3.63, 3.8) is 0 Å². The average molecular weight is 465 g/mol. The van der Waals surface area contributed by atoms with Crippen molar-refractivity contribution >= 4 is 17.3 Å². The van der Waals surface area contributed by atoms with Gasteiger partial charge >= 0.3 is 0 Å². The first-order valence-electron chi connectivity index (χ1n) is 10.6. The Morgan fingerprint density at radius 2 is 1.53 bits per heavy atom. The number of fused-ring (bicyclic) bond motifs is 3. The molecule has 0 fully saturated rings. The number of Topliss-reactive ketones (excluding diaryl/α,β-unsaturated/α-hetero) is 1. The molecule has 7 heteroatoms. The molecular weight excluding hydrogens is 436 g/mol. The summed E-state index contributed by atoms with van der Waals surface area (Å²) >= 11 is 0. The lowest BCUT2D eigenvalue weighted by Gasteiger charge is -2.29. The molecule has 2 aliphatic carbocycles. The Hall–Kier alpha value is -4.07. The maximum Gasteiger partial charge on any atom is 0.202 e. The maximum absolute atomic E-state index is 13.1. The first-order chi connectivity index (χ1) is 16.4. The largest absolute Gasteiger partial charge is 0.507 e. The number of terminal acetylenes is 2. The van der Waals surface area contributed by atoms with Gasteiger partial charge in [0.2, 0.25) is 5.78 Å². The molecule has 0 saturated heterocycles. The van der Waals surface area contributed by atoms with Crippen LogP contribution >= 0.6 is 0 Å². The second-order valence-electron chi connectivity index (χ2n) is 7.01. The van der Waals surface area contributed by atoms with E-state index in [1.165, 1.54) is 13.2 Å². The number of carbonyl (C=O) groups excluding carboxylic acids is 3. The fraction of sp³-hybridized carbons (Fsp3) is 0.296. The van der Waals surface area contributed by atoms with Gasteiger partial charge in [0, 0.05) is 22.6 Å². The number of aromatic hydroxyl groups is 2. The molecule has 7 nitrogen and oxygen atoms in total. The fourth-order valence-electron chi connectivity index (χ4n) is 4.21. The van der Waals surface area contributed by atoms with Gasteiger partial charge in [-0.25, -0.2) is 0 Å². The Balaban J connectivity index is 0.000000894. The zero-order chi connectivity index (χ0) is 26.2. The van der Waals surface area contributed by atoms with Crippen LogP contribution in [0, 0.1) is 31.6 Å². The van der Waals surface area contributed by atoms with Crippen LogP contribution in [0.1, 0.15) is 63.2 Å². The third-order valence-corrected chi connectivity index (χ3v) is 5.64. The first kappa shape index (κ1) is 28.0. The summed E-state index contributed by atoms with van der Waals surface area (Å²) < 4.78 is 5.20. The van der Waals surface area contributed by atoms with Crippen molar-refractivity contribution in [1.82, 2.24) is 0 Å². The fourth-order valence-corrected chi connectivity index (χ4v) is 4.21. The van der Waals surface area contributed by atoms with Crippen LogP contribution in [0.2, 0.25) is 0 Å². The molecule has 0 aromatic heterocycles. The van der Waals surface area contributed by atoms with E-state index in [0.717, 1.165) is 0 Å². The van der Waals surface area contributed by atoms with E-state index >= 15 is 0 Å². The summed E-state index contributed by atoms with van der Waals surface area (Å²) in [5, 5.41) is 30.7. The molecule has 0 saturated carbocycles. The van der Waals surface area contributed by atoms with Gasteiger partial charge in [-0.05, 0) is 25.3 Å². The molecule has 2 aliphatic rings. The van der Waals surface area contributed by atoms with Crippen LogP contribution in [0.15, 0.2) is 18.2 Å². The van der Waals surface area contributed by atoms with Crippen molar-refractivity contribution in [2.75, 3.05) is 13.7 Å². The number of rotatable bonds is 3. The van der Waals surface area contributed by atoms with Crippen LogP contribution in [0.25, 0.3) is 0 Å². The number of phenols is 2. The number of phenolic OH excluding ortho intramolecular Hbond substituents is 2. The summed E-state index contributed by atoms with van der Waals surface area (Å²) in [7, 11) is 1.38. The van der Waals surface area contributed by atoms with E-state index in [4.69, 9.17) is 9.84 Å². The van der Waals surface area contributed by atoms with Crippen molar-refractivity contribution in [3.05, 3.63) is 51.6 Å². The summed E-state index contributed by atoms with van der Waals surface area (Å²) in [6, 6.07) is 4.59. The monoisotopic (exact) mass is 464 g/mol. The second kappa shape index (κ2) is 12.2. The number of hydrogen-bond acceptors (Lipinski definition) is 7. The Kier molecular flexibility index (Phi) is 10.1. The molecular formula is C27H28O7. The van der Waals surface area contributed by atoms with Crippen LogP contribution in [0.3, 0.4) is 0 Å². The van der Waals surface area contributed by atoms with Crippen molar-refractivity contribution < 1.29 is 34.4 Å². The molecule has 0 heterocycles. The Morgan fingerprint density at radius 3 is 2.09 bits per heavy atom. The van der Waals surface area contributed by atoms with Crippen molar-refractivity contribution in [1.29, 1.82) is 0 Å². The van der Waals surface area contributed by atoms with E-state index < -0.39 is 24.1 Å². The van der Waals surface area contributed by atoms with Crippen LogP contribution in [-0.2, 0) is 17.6 Å². The molecule has 4 rings (SSSR count). The first-order valence-corrected chi connectivity index (χ1v) is 10.6. The highest BCUT2D eigenvalue weighted by Gasteiger charge is 2.40. The van der Waals surface area contributed by atoms with Gasteiger partial charge < -0.3 is 20.1 Å². The van der Waals surface area contributed by atoms with Gasteiger partial charge in [-0.2, -0.15) is 0 Å². The average Bonchev–Trinajstić information content (AvgIpc) is 2.91. The highest BCUT2D eigenvalue weighted by atomic mass is 16.5. The molecule has 1 atom stereocenters. The minimum atomic E-state index is -0.609. The molecule has 0 bridgehead atoms. The van der Waals surface area contributed by atoms with Gasteiger partial charge in [0.25, 0.3) is 0 Å². The lowest BCUT2D eigenvalue weighted by atomic mass is 9.75. The number of ketones is 3. The number of carbonyl (C=O) groups is 3. The molecule has 3 N–H and O–H groups in total. The SMILES string of the molecule is C#C.C#C.CC.COc1cccc2c1C(=O)c1c(O)c3c(c(O)c1C2=O)CC(C(=O)CO)CC3. The van der Waals surface area contributed by atoms with Crippen molar-refractivity contribution in [2.24, 2.45) is 5.92 Å². The van der Waals surface area contributed by atoms with Gasteiger partial charge in [-0.3, -0.25) is 14.4 Å². The quantitative estimate of drug-likeness (QED) is 0.402. The van der Waals surface area contributed by atoms with E-state index in [1.807, 2.05) is 13.8 Å². The predicted molar refractivity (Wildman–Crippen MR) is 128 cm³/mol. The summed E-state index contributed by atoms with van der Waals surface area (Å²) in [5.41, 5.74) is 0.301. The van der Waals surface area contributed by atoms with E-state index in [-0.39, 0.29) is 63.7 Å². The van der Waals surface area contributed by atoms with Crippen LogP contribution in [0.5, 0.6) is 17.2 Å². The molecule has 2 aromatic rings. The maximum atomic E-state index is 13.1. The molecule has 178 valence electrons. The Labute approximate surface area is 199 Å². The zero-order valence-electron chi connectivity index (χ0n) is 19.4. The standard InChI is InChI=1S/C21H18O7.C2H6.2C2H2/c1-28-14-4-2-3-11-15(14)21(27)17-16(19(11)25)20(26)12-7-9(13(23)8-22)5-6-10(12)18(17)24;3*1-2/h2-4,9,22,24,26H,5-8H2,1H3;1-2H3;2*1-2H. The van der Waals surface area contributed by atoms with Crippen LogP contribution in [0.4, 0.5) is 0 Å². The molecule has 0 spiro atoms. The Bertz CT molecular complexity index is 1130. The van der Waals surface area contributed by atoms with Gasteiger partial charge in [-0.1, -0.05) is 26.0 Å². The smallest absolute Gasteiger partial charge is 0.202 e. The second-order valence-corrected chi connectivity index (χ2v) is 7.01. The summed E-state index contributed by atoms with van der Waals surface area (Å²) in [6.45, 7) is 3.39. The van der Waals surface area contributed by atoms with Gasteiger partial charge in [0.1, 0.15) is 23.9 Å². The molecule has 2 aromatic carbocycles. The molecule has 34 heavy (non-hydrogen) atoms. The lowest BCUT2D eigenvalue weighted by molar-refractivity contribution is -0.125. The topological polar surface area (TPSA) is 121 Å². The van der Waals surface area contributed by atoms with Gasteiger partial charge in [0.05, 0.1) is 23.8 Å². The number of methoxy groups -OCH3 is 1. The predicted octanol–water partition coefficient (Wildman–Crippen LogP) is 3.07. The number of hydrogen-bond donors (Lipinski definition) is 3. The molecule has 0 aliphatic heterocycles. The molecule has 0 radical (unpaired) electrons. The third kappa shape index (κ3) is 4.52. The molecule has 0 amide bonds. The van der Waals surface area contributed by atoms with Gasteiger partial charge in [-0.15, -0.1) is 25.7 Å². The highest BCUT2D eigenvalue weighted by Crippen LogP contribution is 2.47. The van der Waals surface area contributed by atoms with Crippen LogP contribution < -0.4 is 4.74 Å². The summed E-state index contributed by atoms with van der Waals surface area (Å²) in [6.07, 6.45) is 16.7. The minimum absolute atomic E-state index is 0.0568. The number of aliphatic hydroxyl groups excluding tert-OH is 1. The van der Waals surface area contributed by atoms with Crippen molar-refractivity contribution in [2.45, 2.75) is 33.1 Å². The summed E-state index contributed by atoms with van der Waals surface area (Å²) in [5.74, 6) is -2.56. The van der Waals surface area contributed by atoms with E-state index in [2.05, 4.69) is 25.7 Å². The number of ether oxygens (including phenoxy) is 1. The van der Waals surface area contributed by atoms with E-state index in [0.29, 0.717) is 12.0 Å². The van der Waals surface area contributed by atoms with E-state index in [9.17, 15) is 24.6 Å². The normalized spacial score (nSPS) is 14.8. The Morgan fingerprint density at radius 1 is 0.971 bits per heavy atom. The van der Waals surface area contributed by atoms with Gasteiger partial charge in [0.15, 0.2) is 11.6 Å².